The Morgan fingerprint density at radius 2 is 1.92 bits per heavy atom. The predicted octanol–water partition coefficient (Wildman–Crippen LogP) is 3.74. The second kappa shape index (κ2) is 6.84. The number of hydrogen-bond donors (Lipinski definition) is 1. The maximum absolute atomic E-state index is 13.1. The maximum atomic E-state index is 13.1. The minimum Gasteiger partial charge on any atom is -0.342 e. The summed E-state index contributed by atoms with van der Waals surface area (Å²) in [5.74, 6) is 0.736. The van der Waals surface area contributed by atoms with E-state index in [2.05, 4.69) is 46.5 Å². The summed E-state index contributed by atoms with van der Waals surface area (Å²) < 4.78 is 0. The highest BCUT2D eigenvalue weighted by atomic mass is 16.2. The second-order valence-corrected chi connectivity index (χ2v) is 7.91. The summed E-state index contributed by atoms with van der Waals surface area (Å²) in [6.07, 6.45) is 6.47. The van der Waals surface area contributed by atoms with Gasteiger partial charge in [-0.1, -0.05) is 36.4 Å². The van der Waals surface area contributed by atoms with Gasteiger partial charge in [0.15, 0.2) is 0 Å². The van der Waals surface area contributed by atoms with Crippen LogP contribution in [0.1, 0.15) is 53.3 Å². The molecule has 2 bridgehead atoms. The standard InChI is InChI=1S/C22H27N3O/c1-16-7-6-14-23-19(16)21(26)24-20(18-8-4-3-5-9-18)22-12-10-17(11-13-22)15-25(22)2/h3-9,14,17,20H,10-13,15H2,1-2H3,(H,24,26). The fourth-order valence-corrected chi connectivity index (χ4v) is 4.92. The smallest absolute Gasteiger partial charge is 0.270 e. The molecule has 4 heteroatoms. The van der Waals surface area contributed by atoms with Crippen LogP contribution < -0.4 is 5.32 Å². The Morgan fingerprint density at radius 1 is 1.19 bits per heavy atom. The highest BCUT2D eigenvalue weighted by Gasteiger charge is 2.50. The van der Waals surface area contributed by atoms with E-state index in [4.69, 9.17) is 0 Å². The summed E-state index contributed by atoms with van der Waals surface area (Å²) in [6.45, 7) is 3.07. The number of carbonyl (C=O) groups is 1. The van der Waals surface area contributed by atoms with Crippen molar-refractivity contribution >= 4 is 5.91 Å². The van der Waals surface area contributed by atoms with Crippen molar-refractivity contribution in [1.29, 1.82) is 0 Å². The van der Waals surface area contributed by atoms with Crippen molar-refractivity contribution in [1.82, 2.24) is 15.2 Å². The Balaban J connectivity index is 1.70. The van der Waals surface area contributed by atoms with Gasteiger partial charge in [-0.05, 0) is 62.8 Å². The maximum Gasteiger partial charge on any atom is 0.270 e. The number of piperidine rings is 2. The van der Waals surface area contributed by atoms with Gasteiger partial charge >= 0.3 is 0 Å². The molecule has 26 heavy (non-hydrogen) atoms. The summed E-state index contributed by atoms with van der Waals surface area (Å²) >= 11 is 0. The van der Waals surface area contributed by atoms with Crippen LogP contribution in [-0.4, -0.2) is 34.9 Å². The topological polar surface area (TPSA) is 45.2 Å². The highest BCUT2D eigenvalue weighted by Crippen LogP contribution is 2.48. The Morgan fingerprint density at radius 3 is 2.58 bits per heavy atom. The van der Waals surface area contributed by atoms with E-state index < -0.39 is 0 Å². The summed E-state index contributed by atoms with van der Waals surface area (Å²) in [5, 5.41) is 3.36. The number of likely N-dealkylation sites (N-methyl/N-ethyl adjacent to an activating group) is 1. The number of rotatable bonds is 4. The summed E-state index contributed by atoms with van der Waals surface area (Å²) in [4.78, 5) is 19.9. The van der Waals surface area contributed by atoms with E-state index in [1.54, 1.807) is 6.20 Å². The van der Waals surface area contributed by atoms with Crippen molar-refractivity contribution in [3.63, 3.8) is 0 Å². The van der Waals surface area contributed by atoms with Gasteiger partial charge in [0.05, 0.1) is 6.04 Å². The van der Waals surface area contributed by atoms with Gasteiger partial charge in [0.1, 0.15) is 5.69 Å². The number of nitrogens with one attached hydrogen (secondary N) is 1. The van der Waals surface area contributed by atoms with Crippen molar-refractivity contribution in [3.8, 4) is 0 Å². The van der Waals surface area contributed by atoms with Crippen molar-refractivity contribution in [2.45, 2.75) is 44.2 Å². The van der Waals surface area contributed by atoms with E-state index in [0.29, 0.717) is 5.69 Å². The highest BCUT2D eigenvalue weighted by molar-refractivity contribution is 5.94. The lowest BCUT2D eigenvalue weighted by molar-refractivity contribution is -0.0404. The minimum atomic E-state index is -0.0765. The van der Waals surface area contributed by atoms with Gasteiger partial charge in [0, 0.05) is 18.3 Å². The minimum absolute atomic E-state index is 0.00551. The Hall–Kier alpha value is -2.20. The Labute approximate surface area is 155 Å². The normalized spacial score (nSPS) is 26.5. The molecule has 3 aliphatic rings. The third-order valence-corrected chi connectivity index (χ3v) is 6.43. The van der Waals surface area contributed by atoms with E-state index in [0.717, 1.165) is 30.9 Å². The number of aromatic nitrogens is 1. The zero-order chi connectivity index (χ0) is 18.1. The van der Waals surface area contributed by atoms with Crippen molar-refractivity contribution < 1.29 is 4.79 Å². The van der Waals surface area contributed by atoms with Crippen LogP contribution in [0.5, 0.6) is 0 Å². The lowest BCUT2D eigenvalue weighted by Crippen LogP contribution is -2.62. The molecule has 1 aliphatic carbocycles. The zero-order valence-electron chi connectivity index (χ0n) is 15.6. The molecule has 1 aromatic carbocycles. The molecule has 3 heterocycles. The first kappa shape index (κ1) is 17.2. The van der Waals surface area contributed by atoms with Gasteiger partial charge < -0.3 is 5.32 Å². The summed E-state index contributed by atoms with van der Waals surface area (Å²) in [6, 6.07) is 14.2. The van der Waals surface area contributed by atoms with Gasteiger partial charge in [-0.2, -0.15) is 0 Å². The van der Waals surface area contributed by atoms with Crippen LogP contribution in [0.4, 0.5) is 0 Å². The van der Waals surface area contributed by atoms with Crippen LogP contribution in [0.3, 0.4) is 0 Å². The fourth-order valence-electron chi connectivity index (χ4n) is 4.92. The number of pyridine rings is 1. The molecule has 1 N–H and O–H groups in total. The van der Waals surface area contributed by atoms with Crippen LogP contribution in [0.2, 0.25) is 0 Å². The number of benzene rings is 1. The average molecular weight is 349 g/mol. The molecule has 1 aromatic heterocycles. The van der Waals surface area contributed by atoms with E-state index in [1.165, 1.54) is 18.4 Å². The largest absolute Gasteiger partial charge is 0.342 e. The number of carbonyl (C=O) groups excluding carboxylic acids is 1. The quantitative estimate of drug-likeness (QED) is 0.915. The molecule has 2 saturated heterocycles. The monoisotopic (exact) mass is 349 g/mol. The number of nitrogens with zero attached hydrogens (tertiary/aromatic N) is 2. The summed E-state index contributed by atoms with van der Waals surface area (Å²) in [5.41, 5.74) is 2.61. The van der Waals surface area contributed by atoms with Crippen LogP contribution in [0.15, 0.2) is 48.7 Å². The van der Waals surface area contributed by atoms with Crippen molar-refractivity contribution in [3.05, 3.63) is 65.5 Å². The van der Waals surface area contributed by atoms with Crippen molar-refractivity contribution in [2.75, 3.05) is 13.6 Å². The molecular formula is C22H27N3O. The average Bonchev–Trinajstić information content (AvgIpc) is 2.68. The molecular weight excluding hydrogens is 322 g/mol. The van der Waals surface area contributed by atoms with Gasteiger partial charge in [0.2, 0.25) is 0 Å². The third-order valence-electron chi connectivity index (χ3n) is 6.43. The van der Waals surface area contributed by atoms with E-state index in [1.807, 2.05) is 25.1 Å². The van der Waals surface area contributed by atoms with E-state index in [-0.39, 0.29) is 17.5 Å². The fraction of sp³-hybridized carbons (Fsp3) is 0.455. The summed E-state index contributed by atoms with van der Waals surface area (Å²) in [7, 11) is 2.22. The molecule has 2 aromatic rings. The molecule has 2 aliphatic heterocycles. The van der Waals surface area contributed by atoms with Crippen LogP contribution in [0, 0.1) is 12.8 Å². The Kier molecular flexibility index (Phi) is 4.53. The van der Waals surface area contributed by atoms with Crippen molar-refractivity contribution in [2.24, 2.45) is 5.92 Å². The number of amides is 1. The van der Waals surface area contributed by atoms with Crippen LogP contribution in [-0.2, 0) is 0 Å². The first-order valence-corrected chi connectivity index (χ1v) is 9.59. The van der Waals surface area contributed by atoms with Crippen LogP contribution in [0.25, 0.3) is 0 Å². The Bertz CT molecular complexity index is 781. The number of hydrogen-bond acceptors (Lipinski definition) is 3. The first-order chi connectivity index (χ1) is 12.6. The van der Waals surface area contributed by atoms with Gasteiger partial charge in [-0.3, -0.25) is 14.7 Å². The lowest BCUT2D eigenvalue weighted by Gasteiger charge is -2.57. The van der Waals surface area contributed by atoms with Gasteiger partial charge in [-0.25, -0.2) is 0 Å². The third kappa shape index (κ3) is 2.92. The molecule has 1 atom stereocenters. The molecule has 1 saturated carbocycles. The van der Waals surface area contributed by atoms with Crippen LogP contribution >= 0.6 is 0 Å². The molecule has 0 radical (unpaired) electrons. The molecule has 3 fully saturated rings. The van der Waals surface area contributed by atoms with E-state index >= 15 is 0 Å². The first-order valence-electron chi connectivity index (χ1n) is 9.59. The molecule has 4 nitrogen and oxygen atoms in total. The predicted molar refractivity (Wildman–Crippen MR) is 103 cm³/mol. The second-order valence-electron chi connectivity index (χ2n) is 7.91. The van der Waals surface area contributed by atoms with E-state index in [9.17, 15) is 4.79 Å². The number of aryl methyl sites for hydroxylation is 1. The van der Waals surface area contributed by atoms with Gasteiger partial charge in [0.25, 0.3) is 5.91 Å². The number of fused-ring (bicyclic) bond motifs is 3. The molecule has 1 amide bonds. The SMILES string of the molecule is Cc1cccnc1C(=O)NC(c1ccccc1)C12CCC(CC1)CN2C. The molecule has 136 valence electrons. The molecule has 0 spiro atoms. The molecule has 5 rings (SSSR count). The molecule has 1 unspecified atom stereocenters. The lowest BCUT2D eigenvalue weighted by atomic mass is 9.66. The van der Waals surface area contributed by atoms with Gasteiger partial charge in [-0.15, -0.1) is 0 Å². The zero-order valence-corrected chi connectivity index (χ0v) is 15.6.